The molecule has 9 heteroatoms. The average Bonchev–Trinajstić information content (AvgIpc) is 3.13. The first-order valence-corrected chi connectivity index (χ1v) is 10.9. The van der Waals surface area contributed by atoms with E-state index in [1.807, 2.05) is 0 Å². The Balaban J connectivity index is 2.08. The van der Waals surface area contributed by atoms with Crippen LogP contribution in [0.15, 0.2) is 27.6 Å². The summed E-state index contributed by atoms with van der Waals surface area (Å²) in [5.41, 5.74) is 0.337. The summed E-state index contributed by atoms with van der Waals surface area (Å²) in [6, 6.07) is 4.47. The van der Waals surface area contributed by atoms with Crippen LogP contribution in [0.4, 0.5) is 0 Å². The SMILES string of the molecule is COCCNS(=O)(=O)c1ccc(Br)c(C(=O)N(C)CCN2CCCC2)c1. The van der Waals surface area contributed by atoms with Crippen LogP contribution in [0.2, 0.25) is 0 Å². The van der Waals surface area contributed by atoms with E-state index in [1.54, 1.807) is 18.0 Å². The first-order chi connectivity index (χ1) is 12.3. The predicted molar refractivity (Wildman–Crippen MR) is 104 cm³/mol. The van der Waals surface area contributed by atoms with Gasteiger partial charge >= 0.3 is 0 Å². The highest BCUT2D eigenvalue weighted by Gasteiger charge is 2.21. The highest BCUT2D eigenvalue weighted by atomic mass is 79.9. The van der Waals surface area contributed by atoms with E-state index in [2.05, 4.69) is 25.6 Å². The molecule has 1 saturated heterocycles. The quantitative estimate of drug-likeness (QED) is 0.580. The molecular weight excluding hydrogens is 422 g/mol. The van der Waals surface area contributed by atoms with Gasteiger partial charge in [0.15, 0.2) is 0 Å². The van der Waals surface area contributed by atoms with Gasteiger partial charge in [-0.3, -0.25) is 4.79 Å². The smallest absolute Gasteiger partial charge is 0.254 e. The number of likely N-dealkylation sites (N-methyl/N-ethyl adjacent to an activating group) is 1. The Labute approximate surface area is 163 Å². The molecule has 1 heterocycles. The van der Waals surface area contributed by atoms with Gasteiger partial charge in [0.1, 0.15) is 0 Å². The summed E-state index contributed by atoms with van der Waals surface area (Å²) < 4.78 is 32.6. The largest absolute Gasteiger partial charge is 0.383 e. The number of carbonyl (C=O) groups excluding carboxylic acids is 1. The molecule has 1 aliphatic heterocycles. The second kappa shape index (κ2) is 9.80. The topological polar surface area (TPSA) is 78.9 Å². The van der Waals surface area contributed by atoms with Crippen LogP contribution in [0.1, 0.15) is 23.2 Å². The van der Waals surface area contributed by atoms with E-state index in [0.29, 0.717) is 16.6 Å². The zero-order chi connectivity index (χ0) is 19.2. The summed E-state index contributed by atoms with van der Waals surface area (Å²) in [6.07, 6.45) is 2.42. The van der Waals surface area contributed by atoms with Gasteiger partial charge in [-0.25, -0.2) is 13.1 Å². The maximum atomic E-state index is 12.8. The maximum absolute atomic E-state index is 12.8. The molecule has 1 amide bonds. The molecule has 0 bridgehead atoms. The van der Waals surface area contributed by atoms with Crippen molar-refractivity contribution in [3.05, 3.63) is 28.2 Å². The van der Waals surface area contributed by atoms with Gasteiger partial charge in [-0.15, -0.1) is 0 Å². The van der Waals surface area contributed by atoms with Crippen molar-refractivity contribution in [2.75, 3.05) is 53.5 Å². The molecule has 0 unspecified atom stereocenters. The molecule has 0 atom stereocenters. The average molecular weight is 448 g/mol. The molecule has 2 rings (SSSR count). The number of likely N-dealkylation sites (tertiary alicyclic amines) is 1. The number of nitrogens with zero attached hydrogens (tertiary/aromatic N) is 2. The van der Waals surface area contributed by atoms with Crippen LogP contribution in [0.25, 0.3) is 0 Å². The number of amides is 1. The Hall–Kier alpha value is -1.00. The number of ether oxygens (including phenoxy) is 1. The highest BCUT2D eigenvalue weighted by Crippen LogP contribution is 2.22. The Morgan fingerprint density at radius 1 is 1.35 bits per heavy atom. The molecule has 7 nitrogen and oxygen atoms in total. The molecule has 1 N–H and O–H groups in total. The standard InChI is InChI=1S/C17H26BrN3O4S/c1-20(10-11-21-8-3-4-9-21)17(22)15-13-14(5-6-16(15)18)26(23,24)19-7-12-25-2/h5-6,13,19H,3-4,7-12H2,1-2H3. The molecule has 0 aliphatic carbocycles. The van der Waals surface area contributed by atoms with E-state index in [9.17, 15) is 13.2 Å². The minimum Gasteiger partial charge on any atom is -0.383 e. The summed E-state index contributed by atoms with van der Waals surface area (Å²) in [5.74, 6) is -0.204. The summed E-state index contributed by atoms with van der Waals surface area (Å²) in [4.78, 5) is 16.8. The molecule has 1 aromatic rings. The summed E-state index contributed by atoms with van der Waals surface area (Å²) in [6.45, 7) is 4.04. The minimum atomic E-state index is -3.69. The lowest BCUT2D eigenvalue weighted by Crippen LogP contribution is -2.35. The van der Waals surface area contributed by atoms with Gasteiger partial charge in [0.05, 0.1) is 17.1 Å². The van der Waals surface area contributed by atoms with Crippen molar-refractivity contribution in [2.45, 2.75) is 17.7 Å². The number of hydrogen-bond donors (Lipinski definition) is 1. The van der Waals surface area contributed by atoms with Gasteiger partial charge in [-0.2, -0.15) is 0 Å². The van der Waals surface area contributed by atoms with E-state index >= 15 is 0 Å². The van der Waals surface area contributed by atoms with E-state index < -0.39 is 10.0 Å². The number of hydrogen-bond acceptors (Lipinski definition) is 5. The molecular formula is C17H26BrN3O4S. The fourth-order valence-electron chi connectivity index (χ4n) is 2.80. The minimum absolute atomic E-state index is 0.0631. The Bertz CT molecular complexity index is 721. The van der Waals surface area contributed by atoms with Gasteiger partial charge in [0.2, 0.25) is 10.0 Å². The van der Waals surface area contributed by atoms with Crippen LogP contribution in [-0.2, 0) is 14.8 Å². The van der Waals surface area contributed by atoms with Crippen molar-refractivity contribution in [3.8, 4) is 0 Å². The van der Waals surface area contributed by atoms with E-state index in [-0.39, 0.29) is 24.0 Å². The highest BCUT2D eigenvalue weighted by molar-refractivity contribution is 9.10. The lowest BCUT2D eigenvalue weighted by atomic mass is 10.2. The van der Waals surface area contributed by atoms with E-state index in [0.717, 1.165) is 19.6 Å². The third kappa shape index (κ3) is 5.75. The molecule has 0 saturated carbocycles. The maximum Gasteiger partial charge on any atom is 0.254 e. The number of sulfonamides is 1. The summed E-state index contributed by atoms with van der Waals surface area (Å²) in [7, 11) is -0.445. The van der Waals surface area contributed by atoms with Crippen molar-refractivity contribution < 1.29 is 17.9 Å². The molecule has 1 fully saturated rings. The zero-order valence-electron chi connectivity index (χ0n) is 15.2. The van der Waals surface area contributed by atoms with Crippen molar-refractivity contribution in [2.24, 2.45) is 0 Å². The normalized spacial score (nSPS) is 15.3. The van der Waals surface area contributed by atoms with Gasteiger partial charge in [0, 0.05) is 38.3 Å². The Kier molecular flexibility index (Phi) is 8.03. The Morgan fingerprint density at radius 3 is 2.69 bits per heavy atom. The van der Waals surface area contributed by atoms with Gasteiger partial charge < -0.3 is 14.5 Å². The fraction of sp³-hybridized carbons (Fsp3) is 0.588. The number of carbonyl (C=O) groups is 1. The van der Waals surface area contributed by atoms with Crippen molar-refractivity contribution in [3.63, 3.8) is 0 Å². The lowest BCUT2D eigenvalue weighted by molar-refractivity contribution is 0.0781. The van der Waals surface area contributed by atoms with Crippen LogP contribution in [0, 0.1) is 0 Å². The van der Waals surface area contributed by atoms with Crippen LogP contribution in [0.3, 0.4) is 0 Å². The molecule has 0 spiro atoms. The Morgan fingerprint density at radius 2 is 2.04 bits per heavy atom. The third-order valence-corrected chi connectivity index (χ3v) is 6.52. The van der Waals surface area contributed by atoms with Gasteiger partial charge in [0.25, 0.3) is 5.91 Å². The van der Waals surface area contributed by atoms with Gasteiger partial charge in [-0.1, -0.05) is 0 Å². The summed E-state index contributed by atoms with van der Waals surface area (Å²) in [5, 5.41) is 0. The molecule has 146 valence electrons. The lowest BCUT2D eigenvalue weighted by Gasteiger charge is -2.22. The van der Waals surface area contributed by atoms with E-state index in [1.165, 1.54) is 32.1 Å². The molecule has 1 aromatic carbocycles. The first-order valence-electron chi connectivity index (χ1n) is 8.61. The molecule has 0 aromatic heterocycles. The number of halogens is 1. The second-order valence-corrected chi connectivity index (χ2v) is 8.93. The number of nitrogens with one attached hydrogen (secondary N) is 1. The zero-order valence-corrected chi connectivity index (χ0v) is 17.6. The molecule has 1 aliphatic rings. The monoisotopic (exact) mass is 447 g/mol. The van der Waals surface area contributed by atoms with Crippen molar-refractivity contribution in [1.29, 1.82) is 0 Å². The van der Waals surface area contributed by atoms with Gasteiger partial charge in [-0.05, 0) is 60.1 Å². The molecule has 0 radical (unpaired) electrons. The third-order valence-electron chi connectivity index (χ3n) is 4.37. The summed E-state index contributed by atoms with van der Waals surface area (Å²) >= 11 is 3.35. The van der Waals surface area contributed by atoms with Crippen LogP contribution >= 0.6 is 15.9 Å². The van der Waals surface area contributed by atoms with Crippen molar-refractivity contribution >= 4 is 31.9 Å². The number of methoxy groups -OCH3 is 1. The van der Waals surface area contributed by atoms with Crippen LogP contribution in [0.5, 0.6) is 0 Å². The number of benzene rings is 1. The fourth-order valence-corrected chi connectivity index (χ4v) is 4.26. The number of rotatable bonds is 9. The predicted octanol–water partition coefficient (Wildman–Crippen LogP) is 1.54. The molecule has 26 heavy (non-hydrogen) atoms. The van der Waals surface area contributed by atoms with Crippen LogP contribution < -0.4 is 4.72 Å². The van der Waals surface area contributed by atoms with Crippen molar-refractivity contribution in [1.82, 2.24) is 14.5 Å². The van der Waals surface area contributed by atoms with Crippen LogP contribution in [-0.4, -0.2) is 77.6 Å². The first kappa shape index (κ1) is 21.3. The second-order valence-electron chi connectivity index (χ2n) is 6.31. The van der Waals surface area contributed by atoms with E-state index in [4.69, 9.17) is 4.74 Å².